The van der Waals surface area contributed by atoms with Gasteiger partial charge in [-0.1, -0.05) is 20.8 Å². The van der Waals surface area contributed by atoms with Crippen LogP contribution in [0.1, 0.15) is 40.0 Å². The minimum atomic E-state index is -4.35. The molecule has 1 N–H and O–H groups in total. The zero-order valence-electron chi connectivity index (χ0n) is 11.8. The lowest BCUT2D eigenvalue weighted by molar-refractivity contribution is -0.123. The number of nitrogens with one attached hydrogen (secondary N) is 1. The predicted molar refractivity (Wildman–Crippen MR) is 67.8 cm³/mol. The van der Waals surface area contributed by atoms with Gasteiger partial charge in [0.1, 0.15) is 6.54 Å². The van der Waals surface area contributed by atoms with Gasteiger partial charge >= 0.3 is 12.2 Å². The average Bonchev–Trinajstić information content (AvgIpc) is 2.49. The summed E-state index contributed by atoms with van der Waals surface area (Å²) < 4.78 is 36.1. The van der Waals surface area contributed by atoms with Crippen molar-refractivity contribution >= 4 is 6.03 Å². The molecule has 0 saturated carbocycles. The van der Waals surface area contributed by atoms with E-state index in [9.17, 15) is 18.0 Å². The Bertz CT molecular complexity index is 310. The number of nitrogens with zero attached hydrogens (tertiary/aromatic N) is 1. The molecule has 3 nitrogen and oxygen atoms in total. The Morgan fingerprint density at radius 2 is 1.84 bits per heavy atom. The maximum absolute atomic E-state index is 12.0. The van der Waals surface area contributed by atoms with Crippen molar-refractivity contribution in [3.05, 3.63) is 0 Å². The average molecular weight is 280 g/mol. The first-order valence-corrected chi connectivity index (χ1v) is 6.69. The lowest BCUT2D eigenvalue weighted by Crippen LogP contribution is -2.44. The standard InChI is InChI=1S/C13H23F3N2O/c1-12(2,3)10-5-4-7-18(8-6-10)11(19)17-9-13(14,15)16/h10H,4-9H2,1-3H3,(H,17,19). The molecule has 2 amide bonds. The van der Waals surface area contributed by atoms with Crippen molar-refractivity contribution in [3.63, 3.8) is 0 Å². The Morgan fingerprint density at radius 3 is 2.37 bits per heavy atom. The molecule has 1 saturated heterocycles. The van der Waals surface area contributed by atoms with Gasteiger partial charge in [-0.3, -0.25) is 0 Å². The third-order valence-corrected chi connectivity index (χ3v) is 3.68. The second-order valence-corrected chi connectivity index (χ2v) is 6.25. The fourth-order valence-electron chi connectivity index (χ4n) is 2.45. The molecule has 1 unspecified atom stereocenters. The topological polar surface area (TPSA) is 32.3 Å². The van der Waals surface area contributed by atoms with Crippen LogP contribution < -0.4 is 5.32 Å². The number of likely N-dealkylation sites (tertiary alicyclic amines) is 1. The van der Waals surface area contributed by atoms with E-state index in [1.165, 1.54) is 4.90 Å². The van der Waals surface area contributed by atoms with Crippen molar-refractivity contribution in [2.45, 2.75) is 46.2 Å². The van der Waals surface area contributed by atoms with Gasteiger partial charge in [0.2, 0.25) is 0 Å². The van der Waals surface area contributed by atoms with Crippen molar-refractivity contribution in [2.75, 3.05) is 19.6 Å². The molecule has 0 radical (unpaired) electrons. The highest BCUT2D eigenvalue weighted by molar-refractivity contribution is 5.74. The van der Waals surface area contributed by atoms with Crippen LogP contribution in [-0.2, 0) is 0 Å². The van der Waals surface area contributed by atoms with Crippen molar-refractivity contribution in [1.82, 2.24) is 10.2 Å². The highest BCUT2D eigenvalue weighted by Crippen LogP contribution is 2.34. The van der Waals surface area contributed by atoms with E-state index in [-0.39, 0.29) is 5.41 Å². The molecule has 1 fully saturated rings. The number of alkyl halides is 3. The maximum Gasteiger partial charge on any atom is 0.405 e. The monoisotopic (exact) mass is 280 g/mol. The van der Waals surface area contributed by atoms with E-state index in [0.717, 1.165) is 19.3 Å². The Balaban J connectivity index is 2.46. The van der Waals surface area contributed by atoms with Gasteiger partial charge in [-0.2, -0.15) is 13.2 Å². The van der Waals surface area contributed by atoms with Crippen LogP contribution in [0.15, 0.2) is 0 Å². The van der Waals surface area contributed by atoms with Crippen LogP contribution in [0.3, 0.4) is 0 Å². The zero-order valence-corrected chi connectivity index (χ0v) is 11.8. The van der Waals surface area contributed by atoms with Crippen LogP contribution in [0.5, 0.6) is 0 Å². The summed E-state index contributed by atoms with van der Waals surface area (Å²) in [6.07, 6.45) is -1.63. The van der Waals surface area contributed by atoms with Gasteiger partial charge in [-0.25, -0.2) is 4.79 Å². The summed E-state index contributed by atoms with van der Waals surface area (Å²) in [6, 6.07) is -0.605. The molecule has 112 valence electrons. The number of rotatable bonds is 1. The molecule has 1 aliphatic rings. The van der Waals surface area contributed by atoms with E-state index < -0.39 is 18.8 Å². The normalized spacial score (nSPS) is 22.0. The molecular weight excluding hydrogens is 257 g/mol. The third kappa shape index (κ3) is 5.70. The Labute approximate surface area is 112 Å². The van der Waals surface area contributed by atoms with Gasteiger partial charge in [0, 0.05) is 13.1 Å². The number of hydrogen-bond acceptors (Lipinski definition) is 1. The first kappa shape index (κ1) is 16.1. The molecule has 0 bridgehead atoms. The van der Waals surface area contributed by atoms with Crippen molar-refractivity contribution in [2.24, 2.45) is 11.3 Å². The summed E-state index contributed by atoms with van der Waals surface area (Å²) in [7, 11) is 0. The molecule has 0 aliphatic carbocycles. The lowest BCUT2D eigenvalue weighted by atomic mass is 9.77. The van der Waals surface area contributed by atoms with E-state index in [1.807, 2.05) is 5.32 Å². The first-order chi connectivity index (χ1) is 8.59. The van der Waals surface area contributed by atoms with Crippen molar-refractivity contribution in [1.29, 1.82) is 0 Å². The Kier molecular flexibility index (Phi) is 5.10. The van der Waals surface area contributed by atoms with Crippen molar-refractivity contribution < 1.29 is 18.0 Å². The van der Waals surface area contributed by atoms with Gasteiger partial charge in [-0.15, -0.1) is 0 Å². The summed E-state index contributed by atoms with van der Waals surface area (Å²) in [5, 5.41) is 1.94. The molecule has 0 spiro atoms. The minimum Gasteiger partial charge on any atom is -0.329 e. The summed E-state index contributed by atoms with van der Waals surface area (Å²) in [5.41, 5.74) is 0.179. The van der Waals surface area contributed by atoms with Crippen LogP contribution >= 0.6 is 0 Å². The molecule has 1 atom stereocenters. The summed E-state index contributed by atoms with van der Waals surface area (Å²) in [4.78, 5) is 13.2. The summed E-state index contributed by atoms with van der Waals surface area (Å²) in [6.45, 7) is 6.30. The summed E-state index contributed by atoms with van der Waals surface area (Å²) in [5.74, 6) is 0.507. The maximum atomic E-state index is 12.0. The fraction of sp³-hybridized carbons (Fsp3) is 0.923. The first-order valence-electron chi connectivity index (χ1n) is 6.69. The number of hydrogen-bond donors (Lipinski definition) is 1. The minimum absolute atomic E-state index is 0.179. The van der Waals surface area contributed by atoms with E-state index >= 15 is 0 Å². The van der Waals surface area contributed by atoms with Crippen LogP contribution in [0, 0.1) is 11.3 Å². The van der Waals surface area contributed by atoms with Crippen LogP contribution in [0.25, 0.3) is 0 Å². The zero-order chi connectivity index (χ0) is 14.7. The molecular formula is C13H23F3N2O. The van der Waals surface area contributed by atoms with Crippen LogP contribution in [-0.4, -0.2) is 36.7 Å². The molecule has 19 heavy (non-hydrogen) atoms. The number of carbonyl (C=O) groups is 1. The molecule has 0 aromatic carbocycles. The molecule has 1 aliphatic heterocycles. The van der Waals surface area contributed by atoms with Gasteiger partial charge in [-0.05, 0) is 30.6 Å². The van der Waals surface area contributed by atoms with E-state index in [2.05, 4.69) is 20.8 Å². The third-order valence-electron chi connectivity index (χ3n) is 3.68. The second kappa shape index (κ2) is 6.01. The number of carbonyl (C=O) groups excluding carboxylic acids is 1. The summed E-state index contributed by atoms with van der Waals surface area (Å²) >= 11 is 0. The molecule has 6 heteroatoms. The molecule has 1 heterocycles. The van der Waals surface area contributed by atoms with Crippen LogP contribution in [0.2, 0.25) is 0 Å². The van der Waals surface area contributed by atoms with E-state index in [0.29, 0.717) is 19.0 Å². The van der Waals surface area contributed by atoms with Gasteiger partial charge < -0.3 is 10.2 Å². The van der Waals surface area contributed by atoms with E-state index in [1.54, 1.807) is 0 Å². The molecule has 0 aromatic rings. The smallest absolute Gasteiger partial charge is 0.329 e. The highest BCUT2D eigenvalue weighted by Gasteiger charge is 2.31. The van der Waals surface area contributed by atoms with Crippen LogP contribution in [0.4, 0.5) is 18.0 Å². The SMILES string of the molecule is CC(C)(C)C1CCCN(C(=O)NCC(F)(F)F)CC1. The highest BCUT2D eigenvalue weighted by atomic mass is 19.4. The van der Waals surface area contributed by atoms with Gasteiger partial charge in [0.05, 0.1) is 0 Å². The van der Waals surface area contributed by atoms with Gasteiger partial charge in [0.15, 0.2) is 0 Å². The predicted octanol–water partition coefficient (Wildman–Crippen LogP) is 3.41. The number of amides is 2. The fourth-order valence-corrected chi connectivity index (χ4v) is 2.45. The largest absolute Gasteiger partial charge is 0.405 e. The van der Waals surface area contributed by atoms with Gasteiger partial charge in [0.25, 0.3) is 0 Å². The molecule has 1 rings (SSSR count). The van der Waals surface area contributed by atoms with Crippen molar-refractivity contribution in [3.8, 4) is 0 Å². The quantitative estimate of drug-likeness (QED) is 0.784. The van der Waals surface area contributed by atoms with E-state index in [4.69, 9.17) is 0 Å². The second-order valence-electron chi connectivity index (χ2n) is 6.25. The molecule has 0 aromatic heterocycles. The number of halogens is 3. The lowest BCUT2D eigenvalue weighted by Gasteiger charge is -2.29. The Morgan fingerprint density at radius 1 is 1.21 bits per heavy atom. The Hall–Kier alpha value is -0.940. The number of urea groups is 1.